The lowest BCUT2D eigenvalue weighted by Gasteiger charge is -2.21. The molecule has 0 nitrogen and oxygen atoms in total. The first kappa shape index (κ1) is 42.1. The van der Waals surface area contributed by atoms with E-state index >= 15 is 0 Å². The molecule has 1 unspecified atom stereocenters. The fourth-order valence-electron chi connectivity index (χ4n) is 8.34. The number of hydrogen-bond acceptors (Lipinski definition) is 0. The van der Waals surface area contributed by atoms with E-state index in [1.807, 2.05) is 0 Å². The van der Waals surface area contributed by atoms with Crippen molar-refractivity contribution in [2.45, 2.75) is 184 Å². The topological polar surface area (TPSA) is 0 Å². The summed E-state index contributed by atoms with van der Waals surface area (Å²) < 4.78 is 0. The number of rotatable bonds is 24. The van der Waals surface area contributed by atoms with Crippen LogP contribution in [0.5, 0.6) is 0 Å². The standard InChI is InChI=1S/C51H74Si/c1-9-13-17-21-26-42-32-43(27-22-18-14-10-2)35-46(34-42)48-30-25-31-49(52-51-40(7)38(5)39(6)41(51)8)50(48)47-36-44(28-23-19-15-11-3)33-45(37-47)29-24-20-16-12-4/h25,30-37,40H,9-24,26-29H2,1-8H3. The van der Waals surface area contributed by atoms with Crippen LogP contribution in [0.3, 0.4) is 0 Å². The van der Waals surface area contributed by atoms with Crippen molar-refractivity contribution in [1.29, 1.82) is 0 Å². The largest absolute Gasteiger partial charge is 0.117 e. The molecule has 0 spiro atoms. The fraction of sp³-hybridized carbons (Fsp3) is 0.569. The highest BCUT2D eigenvalue weighted by Crippen LogP contribution is 2.38. The van der Waals surface area contributed by atoms with Gasteiger partial charge in [-0.25, -0.2) is 0 Å². The Kier molecular flexibility index (Phi) is 18.3. The Morgan fingerprint density at radius 2 is 0.904 bits per heavy atom. The molecule has 1 aliphatic rings. The molecule has 0 fully saturated rings. The van der Waals surface area contributed by atoms with Gasteiger partial charge in [0.05, 0.1) is 0 Å². The van der Waals surface area contributed by atoms with Gasteiger partial charge in [0.15, 0.2) is 0 Å². The Bertz CT molecular complexity index is 1540. The second kappa shape index (κ2) is 22.5. The number of unbranched alkanes of at least 4 members (excludes halogenated alkanes) is 12. The van der Waals surface area contributed by atoms with Gasteiger partial charge >= 0.3 is 0 Å². The molecule has 0 saturated carbocycles. The van der Waals surface area contributed by atoms with Crippen molar-refractivity contribution >= 4 is 14.7 Å². The van der Waals surface area contributed by atoms with Gasteiger partial charge in [0.25, 0.3) is 0 Å². The molecule has 2 radical (unpaired) electrons. The lowest BCUT2D eigenvalue weighted by molar-refractivity contribution is 0.661. The van der Waals surface area contributed by atoms with E-state index in [0.717, 1.165) is 0 Å². The van der Waals surface area contributed by atoms with E-state index in [-0.39, 0.29) is 0 Å². The van der Waals surface area contributed by atoms with E-state index in [1.165, 1.54) is 178 Å². The molecule has 1 heteroatoms. The Balaban J connectivity index is 1.88. The SMILES string of the molecule is CCCCCCc1cc(CCCCCC)cc(-c2cccc([Si]C3=C(C)C(C)=C(C)C3C)c2-c2cc(CCCCCC)cc(CCCCCC)c2)c1. The van der Waals surface area contributed by atoms with Gasteiger partial charge in [-0.1, -0.05) is 188 Å². The third kappa shape index (κ3) is 12.2. The maximum atomic E-state index is 2.60. The summed E-state index contributed by atoms with van der Waals surface area (Å²) in [5.74, 6) is 0.523. The second-order valence-corrected chi connectivity index (χ2v) is 17.6. The lowest BCUT2D eigenvalue weighted by atomic mass is 9.88. The van der Waals surface area contributed by atoms with Crippen LogP contribution in [0.1, 0.15) is 180 Å². The maximum Gasteiger partial charge on any atom is 0.117 e. The molecular formula is C51H74Si. The molecule has 282 valence electrons. The summed E-state index contributed by atoms with van der Waals surface area (Å²) in [7, 11) is 0.684. The van der Waals surface area contributed by atoms with Crippen LogP contribution in [-0.2, 0) is 25.7 Å². The van der Waals surface area contributed by atoms with Gasteiger partial charge in [-0.3, -0.25) is 0 Å². The van der Waals surface area contributed by atoms with Crippen molar-refractivity contribution in [3.8, 4) is 22.3 Å². The summed E-state index contributed by atoms with van der Waals surface area (Å²) in [5, 5.41) is 3.17. The lowest BCUT2D eigenvalue weighted by Crippen LogP contribution is -2.23. The zero-order valence-electron chi connectivity index (χ0n) is 34.9. The van der Waals surface area contributed by atoms with Crippen molar-refractivity contribution < 1.29 is 0 Å². The van der Waals surface area contributed by atoms with Gasteiger partial charge in [-0.15, -0.1) is 0 Å². The van der Waals surface area contributed by atoms with E-state index in [4.69, 9.17) is 0 Å². The average Bonchev–Trinajstić information content (AvgIpc) is 3.33. The molecule has 52 heavy (non-hydrogen) atoms. The summed E-state index contributed by atoms with van der Waals surface area (Å²) in [4.78, 5) is 0. The number of allylic oxidation sites excluding steroid dienone is 4. The third-order valence-electron chi connectivity index (χ3n) is 12.0. The van der Waals surface area contributed by atoms with Crippen LogP contribution in [0, 0.1) is 5.92 Å². The molecule has 1 atom stereocenters. The van der Waals surface area contributed by atoms with E-state index in [2.05, 4.69) is 110 Å². The summed E-state index contributed by atoms with van der Waals surface area (Å²) in [6.45, 7) is 18.8. The predicted molar refractivity (Wildman–Crippen MR) is 234 cm³/mol. The first-order chi connectivity index (χ1) is 25.3. The first-order valence-electron chi connectivity index (χ1n) is 21.9. The number of benzene rings is 3. The van der Waals surface area contributed by atoms with Crippen LogP contribution in [0.2, 0.25) is 0 Å². The highest BCUT2D eigenvalue weighted by molar-refractivity contribution is 6.63. The predicted octanol–water partition coefficient (Wildman–Crippen LogP) is 15.1. The molecule has 0 aromatic heterocycles. The minimum Gasteiger partial charge on any atom is -0.0695 e. The normalized spacial score (nSPS) is 14.7. The molecule has 0 aliphatic heterocycles. The Morgan fingerprint density at radius 1 is 0.481 bits per heavy atom. The summed E-state index contributed by atoms with van der Waals surface area (Å²) >= 11 is 0. The van der Waals surface area contributed by atoms with Crippen LogP contribution >= 0.6 is 0 Å². The molecule has 3 aromatic rings. The van der Waals surface area contributed by atoms with Gasteiger partial charge in [0.1, 0.15) is 9.52 Å². The summed E-state index contributed by atoms with van der Waals surface area (Å²) in [5.41, 5.74) is 16.6. The Morgan fingerprint density at radius 3 is 1.29 bits per heavy atom. The van der Waals surface area contributed by atoms with Crippen molar-refractivity contribution in [3.63, 3.8) is 0 Å². The molecule has 4 rings (SSSR count). The summed E-state index contributed by atoms with van der Waals surface area (Å²) in [6.07, 6.45) is 25.8. The Labute approximate surface area is 324 Å². The first-order valence-corrected chi connectivity index (χ1v) is 22.9. The molecule has 0 amide bonds. The fourth-order valence-corrected chi connectivity index (χ4v) is 10.0. The third-order valence-corrected chi connectivity index (χ3v) is 13.7. The maximum absolute atomic E-state index is 2.60. The van der Waals surface area contributed by atoms with Crippen molar-refractivity contribution in [2.24, 2.45) is 5.92 Å². The van der Waals surface area contributed by atoms with Crippen LogP contribution in [-0.4, -0.2) is 9.52 Å². The van der Waals surface area contributed by atoms with Crippen molar-refractivity contribution in [3.05, 3.63) is 98.8 Å². The average molecular weight is 715 g/mol. The second-order valence-electron chi connectivity index (χ2n) is 16.2. The Hall–Kier alpha value is -2.64. The van der Waals surface area contributed by atoms with E-state index in [9.17, 15) is 0 Å². The highest BCUT2D eigenvalue weighted by atomic mass is 28.2. The van der Waals surface area contributed by atoms with Crippen LogP contribution < -0.4 is 5.19 Å². The molecule has 0 saturated heterocycles. The van der Waals surface area contributed by atoms with E-state index in [0.29, 0.717) is 15.4 Å². The van der Waals surface area contributed by atoms with Gasteiger partial charge < -0.3 is 0 Å². The van der Waals surface area contributed by atoms with Crippen LogP contribution in [0.4, 0.5) is 0 Å². The highest BCUT2D eigenvalue weighted by Gasteiger charge is 2.26. The number of aryl methyl sites for hydroxylation is 4. The molecule has 3 aromatic carbocycles. The molecule has 0 heterocycles. The zero-order chi connectivity index (χ0) is 37.3. The monoisotopic (exact) mass is 715 g/mol. The van der Waals surface area contributed by atoms with Crippen molar-refractivity contribution in [2.75, 3.05) is 0 Å². The smallest absolute Gasteiger partial charge is 0.0695 e. The van der Waals surface area contributed by atoms with E-state index < -0.39 is 0 Å². The minimum atomic E-state index is 0.523. The van der Waals surface area contributed by atoms with Gasteiger partial charge in [0.2, 0.25) is 0 Å². The van der Waals surface area contributed by atoms with Crippen LogP contribution in [0.25, 0.3) is 22.3 Å². The van der Waals surface area contributed by atoms with Gasteiger partial charge in [0, 0.05) is 0 Å². The van der Waals surface area contributed by atoms with Gasteiger partial charge in [-0.05, 0) is 128 Å². The van der Waals surface area contributed by atoms with E-state index in [1.54, 1.807) is 21.9 Å². The molecule has 0 bridgehead atoms. The number of hydrogen-bond donors (Lipinski definition) is 0. The molecule has 1 aliphatic carbocycles. The zero-order valence-corrected chi connectivity index (χ0v) is 35.9. The quantitative estimate of drug-likeness (QED) is 0.0640. The van der Waals surface area contributed by atoms with Gasteiger partial charge in [-0.2, -0.15) is 0 Å². The van der Waals surface area contributed by atoms with Crippen molar-refractivity contribution in [1.82, 2.24) is 0 Å². The molecular weight excluding hydrogens is 641 g/mol. The van der Waals surface area contributed by atoms with Crippen LogP contribution in [0.15, 0.2) is 76.5 Å². The minimum absolute atomic E-state index is 0.523. The summed E-state index contributed by atoms with van der Waals surface area (Å²) in [6, 6.07) is 22.8. The molecule has 0 N–H and O–H groups in total.